The molecule has 0 amide bonds. The third kappa shape index (κ3) is 9.83. The first-order chi connectivity index (χ1) is 14.5. The van der Waals surface area contributed by atoms with Crippen molar-refractivity contribution < 1.29 is 19.4 Å². The molecular weight excluding hydrogens is 376 g/mol. The number of hydrogen-bond donors (Lipinski definition) is 1. The largest absolute Gasteiger partial charge is 0.481 e. The standard InChI is InChI=1S/C26H48O4/c1-5-9-11-13-20(12-7-3)19-24(21(8-4)14-10-6-2)30-26(29)23-17-15-22(16-18-23)25(27)28/h20-24H,5-19H2,1-4H3,(H,27,28). The van der Waals surface area contributed by atoms with Crippen molar-refractivity contribution in [2.24, 2.45) is 23.7 Å². The van der Waals surface area contributed by atoms with Crippen molar-refractivity contribution >= 4 is 11.9 Å². The van der Waals surface area contributed by atoms with Crippen molar-refractivity contribution in [3.8, 4) is 0 Å². The predicted molar refractivity (Wildman–Crippen MR) is 123 cm³/mol. The summed E-state index contributed by atoms with van der Waals surface area (Å²) in [5, 5.41) is 9.22. The Hall–Kier alpha value is -1.06. The SMILES string of the molecule is CCCCCC(CCC)CC(OC(=O)C1CCC(C(=O)O)CC1)C(CC)CCCC. The van der Waals surface area contributed by atoms with E-state index in [-0.39, 0.29) is 23.9 Å². The Morgan fingerprint density at radius 1 is 0.833 bits per heavy atom. The van der Waals surface area contributed by atoms with E-state index in [9.17, 15) is 14.7 Å². The van der Waals surface area contributed by atoms with Crippen molar-refractivity contribution in [1.82, 2.24) is 0 Å². The summed E-state index contributed by atoms with van der Waals surface area (Å²) in [5.74, 6) is -0.114. The molecule has 3 atom stereocenters. The average Bonchev–Trinajstić information content (AvgIpc) is 2.74. The summed E-state index contributed by atoms with van der Waals surface area (Å²) in [7, 11) is 0. The van der Waals surface area contributed by atoms with Crippen molar-refractivity contribution in [3.05, 3.63) is 0 Å². The lowest BCUT2D eigenvalue weighted by Gasteiger charge is -2.32. The minimum Gasteiger partial charge on any atom is -0.481 e. The number of carboxylic acid groups (broad SMARTS) is 1. The van der Waals surface area contributed by atoms with Gasteiger partial charge < -0.3 is 9.84 Å². The molecule has 0 aliphatic heterocycles. The van der Waals surface area contributed by atoms with Crippen molar-refractivity contribution in [2.75, 3.05) is 0 Å². The van der Waals surface area contributed by atoms with E-state index in [1.807, 2.05) is 0 Å². The Morgan fingerprint density at radius 2 is 1.47 bits per heavy atom. The van der Waals surface area contributed by atoms with E-state index >= 15 is 0 Å². The summed E-state index contributed by atoms with van der Waals surface area (Å²) < 4.78 is 6.23. The first-order valence-electron chi connectivity index (χ1n) is 12.9. The number of aliphatic carboxylic acids is 1. The molecule has 3 unspecified atom stereocenters. The fraction of sp³-hybridized carbons (Fsp3) is 0.923. The zero-order valence-corrected chi connectivity index (χ0v) is 20.2. The van der Waals surface area contributed by atoms with E-state index in [1.165, 1.54) is 51.4 Å². The van der Waals surface area contributed by atoms with Crippen molar-refractivity contribution in [3.63, 3.8) is 0 Å². The summed E-state index contributed by atoms with van der Waals surface area (Å²) in [6, 6.07) is 0. The quantitative estimate of drug-likeness (QED) is 0.207. The zero-order valence-electron chi connectivity index (χ0n) is 20.2. The smallest absolute Gasteiger partial charge is 0.309 e. The molecule has 30 heavy (non-hydrogen) atoms. The second kappa shape index (κ2) is 15.7. The number of carboxylic acids is 1. The highest BCUT2D eigenvalue weighted by atomic mass is 16.5. The van der Waals surface area contributed by atoms with Gasteiger partial charge >= 0.3 is 11.9 Å². The lowest BCUT2D eigenvalue weighted by atomic mass is 9.81. The first-order valence-corrected chi connectivity index (χ1v) is 12.9. The highest BCUT2D eigenvalue weighted by molar-refractivity contribution is 5.74. The maximum Gasteiger partial charge on any atom is 0.309 e. The van der Waals surface area contributed by atoms with Gasteiger partial charge in [-0.2, -0.15) is 0 Å². The molecule has 1 saturated carbocycles. The van der Waals surface area contributed by atoms with Gasteiger partial charge in [0.25, 0.3) is 0 Å². The highest BCUT2D eigenvalue weighted by Crippen LogP contribution is 2.33. The molecule has 176 valence electrons. The van der Waals surface area contributed by atoms with Crippen LogP contribution in [0.15, 0.2) is 0 Å². The first kappa shape index (κ1) is 27.0. The average molecular weight is 425 g/mol. The van der Waals surface area contributed by atoms with Gasteiger partial charge in [-0.1, -0.05) is 79.1 Å². The molecular formula is C26H48O4. The topological polar surface area (TPSA) is 63.6 Å². The molecule has 0 saturated heterocycles. The molecule has 0 bridgehead atoms. The van der Waals surface area contributed by atoms with E-state index in [0.29, 0.717) is 37.5 Å². The summed E-state index contributed by atoms with van der Waals surface area (Å²) in [4.78, 5) is 24.2. The molecule has 4 heteroatoms. The normalized spacial score (nSPS) is 22.3. The van der Waals surface area contributed by atoms with Crippen LogP contribution in [-0.2, 0) is 14.3 Å². The molecule has 0 aromatic rings. The molecule has 1 aliphatic carbocycles. The van der Waals surface area contributed by atoms with Gasteiger partial charge in [0.05, 0.1) is 11.8 Å². The van der Waals surface area contributed by atoms with Gasteiger partial charge in [0.2, 0.25) is 0 Å². The summed E-state index contributed by atoms with van der Waals surface area (Å²) in [6.45, 7) is 8.95. The van der Waals surface area contributed by atoms with E-state index in [0.717, 1.165) is 19.3 Å². The van der Waals surface area contributed by atoms with Crippen molar-refractivity contribution in [1.29, 1.82) is 0 Å². The van der Waals surface area contributed by atoms with Crippen LogP contribution in [0.4, 0.5) is 0 Å². The predicted octanol–water partition coefficient (Wildman–Crippen LogP) is 7.39. The van der Waals surface area contributed by atoms with E-state index in [1.54, 1.807) is 0 Å². The number of carbonyl (C=O) groups excluding carboxylic acids is 1. The lowest BCUT2D eigenvalue weighted by molar-refractivity contribution is -0.161. The zero-order chi connectivity index (χ0) is 22.4. The number of unbranched alkanes of at least 4 members (excludes halogenated alkanes) is 3. The molecule has 0 heterocycles. The van der Waals surface area contributed by atoms with Crippen LogP contribution < -0.4 is 0 Å². The Labute approximate surface area is 185 Å². The number of rotatable bonds is 16. The van der Waals surface area contributed by atoms with Gasteiger partial charge in [-0.3, -0.25) is 9.59 Å². The number of hydrogen-bond acceptors (Lipinski definition) is 3. The second-order valence-corrected chi connectivity index (χ2v) is 9.56. The number of ether oxygens (including phenoxy) is 1. The van der Waals surface area contributed by atoms with Gasteiger partial charge in [-0.15, -0.1) is 0 Å². The van der Waals surface area contributed by atoms with E-state index in [4.69, 9.17) is 4.74 Å². The molecule has 0 radical (unpaired) electrons. The molecule has 1 fully saturated rings. The number of esters is 1. The summed E-state index contributed by atoms with van der Waals surface area (Å²) in [6.07, 6.45) is 15.5. The lowest BCUT2D eigenvalue weighted by Crippen LogP contribution is -2.34. The maximum atomic E-state index is 13.0. The van der Waals surface area contributed by atoms with Crippen molar-refractivity contribution in [2.45, 2.75) is 130 Å². The van der Waals surface area contributed by atoms with E-state index in [2.05, 4.69) is 27.7 Å². The molecule has 0 spiro atoms. The molecule has 1 aliphatic rings. The monoisotopic (exact) mass is 424 g/mol. The van der Waals surface area contributed by atoms with Gasteiger partial charge in [-0.05, 0) is 56.8 Å². The second-order valence-electron chi connectivity index (χ2n) is 9.56. The van der Waals surface area contributed by atoms with Crippen LogP contribution in [0.3, 0.4) is 0 Å². The van der Waals surface area contributed by atoms with Crippen LogP contribution in [0.25, 0.3) is 0 Å². The van der Waals surface area contributed by atoms with Crippen LogP contribution in [0.5, 0.6) is 0 Å². The van der Waals surface area contributed by atoms with Gasteiger partial charge in [0, 0.05) is 0 Å². The Bertz CT molecular complexity index is 468. The number of carbonyl (C=O) groups is 2. The minimum absolute atomic E-state index is 0.0180. The minimum atomic E-state index is -0.722. The van der Waals surface area contributed by atoms with Crippen LogP contribution in [0.1, 0.15) is 124 Å². The fourth-order valence-electron chi connectivity index (χ4n) is 5.08. The van der Waals surface area contributed by atoms with Gasteiger partial charge in [0.15, 0.2) is 0 Å². The van der Waals surface area contributed by atoms with Crippen LogP contribution >= 0.6 is 0 Å². The fourth-order valence-corrected chi connectivity index (χ4v) is 5.08. The maximum absolute atomic E-state index is 13.0. The molecule has 1 rings (SSSR count). The van der Waals surface area contributed by atoms with Gasteiger partial charge in [0.1, 0.15) is 6.10 Å². The molecule has 0 aromatic carbocycles. The summed E-state index contributed by atoms with van der Waals surface area (Å²) >= 11 is 0. The van der Waals surface area contributed by atoms with Crippen LogP contribution in [0, 0.1) is 23.7 Å². The molecule has 0 aromatic heterocycles. The van der Waals surface area contributed by atoms with E-state index < -0.39 is 5.97 Å². The molecule has 1 N–H and O–H groups in total. The highest BCUT2D eigenvalue weighted by Gasteiger charge is 2.33. The Balaban J connectivity index is 2.78. The van der Waals surface area contributed by atoms with Gasteiger partial charge in [-0.25, -0.2) is 0 Å². The Morgan fingerprint density at radius 3 is 2.00 bits per heavy atom. The van der Waals surface area contributed by atoms with Crippen LogP contribution in [0.2, 0.25) is 0 Å². The summed E-state index contributed by atoms with van der Waals surface area (Å²) in [5.41, 5.74) is 0. The molecule has 4 nitrogen and oxygen atoms in total. The third-order valence-electron chi connectivity index (χ3n) is 7.13. The Kier molecular flexibility index (Phi) is 14.1. The van der Waals surface area contributed by atoms with Crippen LogP contribution in [-0.4, -0.2) is 23.1 Å². The third-order valence-corrected chi connectivity index (χ3v) is 7.13.